The van der Waals surface area contributed by atoms with E-state index in [0.717, 1.165) is 10.2 Å². The molecule has 0 unspecified atom stereocenters. The van der Waals surface area contributed by atoms with E-state index in [1.165, 1.54) is 6.20 Å². The van der Waals surface area contributed by atoms with Crippen LogP contribution in [-0.2, 0) is 4.79 Å². The molecule has 1 aliphatic rings. The maximum Gasteiger partial charge on any atom is 0.311 e. The Balaban J connectivity index is 1.67. The van der Waals surface area contributed by atoms with Crippen LogP contribution in [0.25, 0.3) is 5.69 Å². The lowest BCUT2D eigenvalue weighted by atomic mass is 10.1. The number of carbonyl (C=O) groups excluding carboxylic acids is 1. The van der Waals surface area contributed by atoms with Gasteiger partial charge in [-0.2, -0.15) is 5.10 Å². The molecule has 2 aromatic rings. The van der Waals surface area contributed by atoms with Crippen LogP contribution >= 0.6 is 15.9 Å². The molecule has 114 valence electrons. The summed E-state index contributed by atoms with van der Waals surface area (Å²) in [6, 6.07) is 7.53. The Hall–Kier alpha value is -2.15. The van der Waals surface area contributed by atoms with E-state index in [1.54, 1.807) is 10.9 Å². The Bertz CT molecular complexity index is 720. The van der Waals surface area contributed by atoms with E-state index in [4.69, 9.17) is 5.11 Å². The summed E-state index contributed by atoms with van der Waals surface area (Å²) in [5.74, 6) is -1.16. The molecule has 2 N–H and O–H groups in total. The molecule has 6 nitrogen and oxygen atoms in total. The van der Waals surface area contributed by atoms with Crippen LogP contribution in [0.4, 0.5) is 0 Å². The summed E-state index contributed by atoms with van der Waals surface area (Å²) in [5.41, 5.74) is 0.479. The molecule has 1 saturated carbocycles. The molecule has 1 aromatic heterocycles. The van der Waals surface area contributed by atoms with Crippen molar-refractivity contribution >= 4 is 27.8 Å². The van der Waals surface area contributed by atoms with Crippen molar-refractivity contribution in [1.82, 2.24) is 15.1 Å². The van der Waals surface area contributed by atoms with Gasteiger partial charge >= 0.3 is 5.97 Å². The van der Waals surface area contributed by atoms with Crippen molar-refractivity contribution in [1.29, 1.82) is 0 Å². The van der Waals surface area contributed by atoms with Crippen molar-refractivity contribution < 1.29 is 14.7 Å². The fraction of sp³-hybridized carbons (Fsp3) is 0.267. The van der Waals surface area contributed by atoms with E-state index in [-0.39, 0.29) is 12.5 Å². The third kappa shape index (κ3) is 2.89. The number of nitrogens with one attached hydrogen (secondary N) is 1. The largest absolute Gasteiger partial charge is 0.481 e. The number of aliphatic carboxylic acids is 1. The zero-order valence-electron chi connectivity index (χ0n) is 11.6. The lowest BCUT2D eigenvalue weighted by molar-refractivity contribution is -0.143. The molecule has 1 heterocycles. The summed E-state index contributed by atoms with van der Waals surface area (Å²) in [6.45, 7) is 0.157. The summed E-state index contributed by atoms with van der Waals surface area (Å²) in [6.07, 6.45) is 4.32. The molecule has 0 aliphatic heterocycles. The third-order valence-electron chi connectivity index (χ3n) is 3.83. The van der Waals surface area contributed by atoms with Crippen molar-refractivity contribution in [2.45, 2.75) is 12.8 Å². The molecule has 0 bridgehead atoms. The Labute approximate surface area is 135 Å². The Kier molecular flexibility index (Phi) is 3.74. The molecule has 1 fully saturated rings. The van der Waals surface area contributed by atoms with Crippen LogP contribution in [0.2, 0.25) is 0 Å². The summed E-state index contributed by atoms with van der Waals surface area (Å²) < 4.78 is 2.57. The average molecular weight is 364 g/mol. The maximum absolute atomic E-state index is 12.1. The first-order valence-corrected chi connectivity index (χ1v) is 7.62. The predicted octanol–water partition coefficient (Wildman–Crippen LogP) is 2.23. The zero-order valence-corrected chi connectivity index (χ0v) is 13.2. The average Bonchev–Trinajstić information content (AvgIpc) is 3.15. The lowest BCUT2D eigenvalue weighted by Gasteiger charge is -2.10. The molecule has 3 rings (SSSR count). The van der Waals surface area contributed by atoms with Crippen LogP contribution in [0.1, 0.15) is 23.2 Å². The van der Waals surface area contributed by atoms with Crippen molar-refractivity contribution in [3.63, 3.8) is 0 Å². The first-order valence-electron chi connectivity index (χ1n) is 6.82. The van der Waals surface area contributed by atoms with Crippen LogP contribution in [0.3, 0.4) is 0 Å². The molecule has 1 aliphatic carbocycles. The summed E-state index contributed by atoms with van der Waals surface area (Å²) in [5, 5.41) is 15.9. The van der Waals surface area contributed by atoms with Gasteiger partial charge in [-0.3, -0.25) is 9.59 Å². The number of carbonyl (C=O) groups is 2. The standard InChI is InChI=1S/C15H14BrN3O3/c16-11-1-3-12(4-2-11)19-8-10(7-18-19)13(20)17-9-15(5-6-15)14(21)22/h1-4,7-8H,5-6,9H2,(H,17,20)(H,21,22). The first-order chi connectivity index (χ1) is 10.5. The van der Waals surface area contributed by atoms with Gasteiger partial charge in [0, 0.05) is 17.2 Å². The molecular weight excluding hydrogens is 350 g/mol. The quantitative estimate of drug-likeness (QED) is 0.852. The Morgan fingerprint density at radius 1 is 1.32 bits per heavy atom. The molecule has 1 aromatic carbocycles. The molecular formula is C15H14BrN3O3. The van der Waals surface area contributed by atoms with Gasteiger partial charge in [0.05, 0.1) is 22.9 Å². The number of carboxylic acids is 1. The summed E-state index contributed by atoms with van der Waals surface area (Å²) in [7, 11) is 0. The second-order valence-corrected chi connectivity index (χ2v) is 6.33. The number of hydrogen-bond acceptors (Lipinski definition) is 3. The van der Waals surface area contributed by atoms with Crippen molar-refractivity contribution in [3.8, 4) is 5.69 Å². The van der Waals surface area contributed by atoms with Crippen molar-refractivity contribution in [2.24, 2.45) is 5.41 Å². The van der Waals surface area contributed by atoms with E-state index >= 15 is 0 Å². The van der Waals surface area contributed by atoms with E-state index in [0.29, 0.717) is 18.4 Å². The molecule has 7 heteroatoms. The normalized spacial score (nSPS) is 15.3. The molecule has 22 heavy (non-hydrogen) atoms. The minimum absolute atomic E-state index is 0.157. The summed E-state index contributed by atoms with van der Waals surface area (Å²) in [4.78, 5) is 23.2. The Morgan fingerprint density at radius 2 is 2.00 bits per heavy atom. The lowest BCUT2D eigenvalue weighted by Crippen LogP contribution is -2.34. The number of nitrogens with zero attached hydrogens (tertiary/aromatic N) is 2. The fourth-order valence-corrected chi connectivity index (χ4v) is 2.41. The van der Waals surface area contributed by atoms with Gasteiger partial charge in [-0.05, 0) is 37.1 Å². The van der Waals surface area contributed by atoms with E-state index < -0.39 is 11.4 Å². The highest BCUT2D eigenvalue weighted by atomic mass is 79.9. The number of aromatic nitrogens is 2. The number of carboxylic acid groups (broad SMARTS) is 1. The highest BCUT2D eigenvalue weighted by Gasteiger charge is 2.50. The van der Waals surface area contributed by atoms with Crippen molar-refractivity contribution in [2.75, 3.05) is 6.54 Å². The van der Waals surface area contributed by atoms with Crippen LogP contribution in [0, 0.1) is 5.41 Å². The van der Waals surface area contributed by atoms with Gasteiger partial charge in [-0.15, -0.1) is 0 Å². The first kappa shape index (κ1) is 14.8. The number of amides is 1. The molecule has 0 spiro atoms. The topological polar surface area (TPSA) is 84.2 Å². The van der Waals surface area contributed by atoms with Gasteiger partial charge in [0.1, 0.15) is 0 Å². The maximum atomic E-state index is 12.1. The summed E-state index contributed by atoms with van der Waals surface area (Å²) >= 11 is 3.36. The zero-order chi connectivity index (χ0) is 15.7. The number of hydrogen-bond donors (Lipinski definition) is 2. The van der Waals surface area contributed by atoms with Gasteiger partial charge in [0.25, 0.3) is 5.91 Å². The van der Waals surface area contributed by atoms with E-state index in [2.05, 4.69) is 26.3 Å². The monoisotopic (exact) mass is 363 g/mol. The van der Waals surface area contributed by atoms with Gasteiger partial charge in [-0.1, -0.05) is 15.9 Å². The van der Waals surface area contributed by atoms with E-state index in [9.17, 15) is 9.59 Å². The molecule has 0 radical (unpaired) electrons. The van der Waals surface area contributed by atoms with Gasteiger partial charge in [0.2, 0.25) is 0 Å². The van der Waals surface area contributed by atoms with Crippen LogP contribution in [-0.4, -0.2) is 33.3 Å². The van der Waals surface area contributed by atoms with E-state index in [1.807, 2.05) is 24.3 Å². The third-order valence-corrected chi connectivity index (χ3v) is 4.36. The number of halogens is 1. The minimum Gasteiger partial charge on any atom is -0.481 e. The van der Waals surface area contributed by atoms with Gasteiger partial charge < -0.3 is 10.4 Å². The highest BCUT2D eigenvalue weighted by Crippen LogP contribution is 2.45. The Morgan fingerprint density at radius 3 is 2.59 bits per heavy atom. The highest BCUT2D eigenvalue weighted by molar-refractivity contribution is 9.10. The van der Waals surface area contributed by atoms with Gasteiger partial charge in [-0.25, -0.2) is 4.68 Å². The predicted molar refractivity (Wildman–Crippen MR) is 82.9 cm³/mol. The fourth-order valence-electron chi connectivity index (χ4n) is 2.14. The molecule has 1 amide bonds. The SMILES string of the molecule is O=C(NCC1(C(=O)O)CC1)c1cnn(-c2ccc(Br)cc2)c1. The number of benzene rings is 1. The minimum atomic E-state index is -0.849. The van der Waals surface area contributed by atoms with Gasteiger partial charge in [0.15, 0.2) is 0 Å². The molecule has 0 saturated heterocycles. The van der Waals surface area contributed by atoms with Crippen LogP contribution < -0.4 is 5.32 Å². The smallest absolute Gasteiger partial charge is 0.311 e. The number of rotatable bonds is 5. The molecule has 0 atom stereocenters. The second kappa shape index (κ2) is 5.57. The van der Waals surface area contributed by atoms with Crippen molar-refractivity contribution in [3.05, 3.63) is 46.7 Å². The second-order valence-electron chi connectivity index (χ2n) is 5.42. The van der Waals surface area contributed by atoms with Crippen LogP contribution in [0.5, 0.6) is 0 Å². The van der Waals surface area contributed by atoms with Crippen LogP contribution in [0.15, 0.2) is 41.1 Å².